The van der Waals surface area contributed by atoms with Crippen LogP contribution in [0.1, 0.15) is 30.5 Å². The van der Waals surface area contributed by atoms with Gasteiger partial charge in [0.2, 0.25) is 0 Å². The maximum Gasteiger partial charge on any atom is 0.168 e. The van der Waals surface area contributed by atoms with E-state index in [2.05, 4.69) is 12.2 Å². The van der Waals surface area contributed by atoms with E-state index in [-0.39, 0.29) is 17.6 Å². The van der Waals surface area contributed by atoms with Crippen LogP contribution in [0.4, 0.5) is 4.39 Å². The molecule has 0 fully saturated rings. The lowest BCUT2D eigenvalue weighted by Crippen LogP contribution is -2.15. The average Bonchev–Trinajstić information content (AvgIpc) is 2.47. The molecule has 2 nitrogen and oxygen atoms in total. The van der Waals surface area contributed by atoms with Crippen molar-refractivity contribution in [3.05, 3.63) is 59.4 Å². The summed E-state index contributed by atoms with van der Waals surface area (Å²) in [6.45, 7) is 3.84. The van der Waals surface area contributed by atoms with Crippen molar-refractivity contribution >= 4 is 0 Å². The molecule has 0 radical (unpaired) electrons. The number of halogens is 1. The van der Waals surface area contributed by atoms with Crippen LogP contribution in [0.2, 0.25) is 0 Å². The van der Waals surface area contributed by atoms with E-state index in [9.17, 15) is 4.39 Å². The Balaban J connectivity index is 2.36. The van der Waals surface area contributed by atoms with Gasteiger partial charge >= 0.3 is 0 Å². The van der Waals surface area contributed by atoms with Crippen LogP contribution in [0.15, 0.2) is 42.5 Å². The molecule has 0 aromatic heterocycles. The summed E-state index contributed by atoms with van der Waals surface area (Å²) in [5, 5.41) is 3.25. The Hall–Kier alpha value is -1.87. The molecular weight excluding hydrogens is 253 g/mol. The van der Waals surface area contributed by atoms with Gasteiger partial charge in [-0.15, -0.1) is 0 Å². The third-order valence-electron chi connectivity index (χ3n) is 3.43. The van der Waals surface area contributed by atoms with Crippen molar-refractivity contribution in [2.45, 2.75) is 26.3 Å². The van der Waals surface area contributed by atoms with Gasteiger partial charge < -0.3 is 10.1 Å². The molecule has 2 aromatic rings. The van der Waals surface area contributed by atoms with Crippen molar-refractivity contribution in [3.63, 3.8) is 0 Å². The van der Waals surface area contributed by atoms with Crippen molar-refractivity contribution in [1.82, 2.24) is 5.32 Å². The highest BCUT2D eigenvalue weighted by molar-refractivity contribution is 5.41. The molecule has 1 atom stereocenters. The molecule has 0 aliphatic heterocycles. The fourth-order valence-corrected chi connectivity index (χ4v) is 2.26. The quantitative estimate of drug-likeness (QED) is 0.859. The summed E-state index contributed by atoms with van der Waals surface area (Å²) in [6.07, 6.45) is 0.938. The number of para-hydroxylation sites is 1. The van der Waals surface area contributed by atoms with E-state index in [1.54, 1.807) is 25.1 Å². The Bertz CT molecular complexity index is 579. The fraction of sp³-hybridized carbons (Fsp3) is 0.294. The van der Waals surface area contributed by atoms with Crippen LogP contribution in [-0.2, 0) is 0 Å². The minimum atomic E-state index is -0.306. The first-order valence-corrected chi connectivity index (χ1v) is 6.86. The molecule has 2 aromatic carbocycles. The molecule has 3 heteroatoms. The molecule has 0 spiro atoms. The standard InChI is InChI=1S/C17H20FNO/c1-4-14(19-3)13-9-5-6-10-15(13)20-16-11-7-8-12(2)17(16)18/h5-11,14,19H,4H2,1-3H3. The van der Waals surface area contributed by atoms with Crippen LogP contribution in [0.25, 0.3) is 0 Å². The zero-order valence-corrected chi connectivity index (χ0v) is 12.1. The van der Waals surface area contributed by atoms with Gasteiger partial charge in [-0.2, -0.15) is 0 Å². The molecule has 0 saturated heterocycles. The molecule has 1 N–H and O–H groups in total. The summed E-state index contributed by atoms with van der Waals surface area (Å²) in [6, 6.07) is 13.1. The predicted molar refractivity (Wildman–Crippen MR) is 79.7 cm³/mol. The van der Waals surface area contributed by atoms with Crippen molar-refractivity contribution in [2.24, 2.45) is 0 Å². The normalized spacial score (nSPS) is 12.2. The topological polar surface area (TPSA) is 21.3 Å². The third kappa shape index (κ3) is 2.99. The molecule has 0 amide bonds. The Morgan fingerprint density at radius 1 is 1.10 bits per heavy atom. The third-order valence-corrected chi connectivity index (χ3v) is 3.43. The maximum absolute atomic E-state index is 14.0. The first kappa shape index (κ1) is 14.5. The van der Waals surface area contributed by atoms with Gasteiger partial charge in [-0.05, 0) is 38.1 Å². The molecule has 0 aliphatic carbocycles. The van der Waals surface area contributed by atoms with Gasteiger partial charge in [0.05, 0.1) is 0 Å². The first-order chi connectivity index (χ1) is 9.67. The summed E-state index contributed by atoms with van der Waals surface area (Å²) >= 11 is 0. The van der Waals surface area contributed by atoms with Gasteiger partial charge in [0.25, 0.3) is 0 Å². The SMILES string of the molecule is CCC(NC)c1ccccc1Oc1cccc(C)c1F. The minimum absolute atomic E-state index is 0.194. The summed E-state index contributed by atoms with van der Waals surface area (Å²) < 4.78 is 19.8. The second kappa shape index (κ2) is 6.53. The summed E-state index contributed by atoms with van der Waals surface area (Å²) in [5.41, 5.74) is 1.62. The summed E-state index contributed by atoms with van der Waals surface area (Å²) in [4.78, 5) is 0. The number of ether oxygens (including phenoxy) is 1. The fourth-order valence-electron chi connectivity index (χ4n) is 2.26. The zero-order valence-electron chi connectivity index (χ0n) is 12.1. The molecular formula is C17H20FNO. The Labute approximate surface area is 119 Å². The monoisotopic (exact) mass is 273 g/mol. The number of rotatable bonds is 5. The van der Waals surface area contributed by atoms with E-state index in [1.165, 1.54) is 0 Å². The zero-order chi connectivity index (χ0) is 14.5. The van der Waals surface area contributed by atoms with Gasteiger partial charge in [0.1, 0.15) is 5.75 Å². The van der Waals surface area contributed by atoms with Crippen LogP contribution in [-0.4, -0.2) is 7.05 Å². The number of nitrogens with one attached hydrogen (secondary N) is 1. The highest BCUT2D eigenvalue weighted by atomic mass is 19.1. The van der Waals surface area contributed by atoms with E-state index in [1.807, 2.05) is 31.3 Å². The first-order valence-electron chi connectivity index (χ1n) is 6.86. The van der Waals surface area contributed by atoms with Crippen LogP contribution >= 0.6 is 0 Å². The summed E-state index contributed by atoms with van der Waals surface area (Å²) in [5.74, 6) is 0.654. The van der Waals surface area contributed by atoms with Crippen molar-refractivity contribution in [1.29, 1.82) is 0 Å². The van der Waals surface area contributed by atoms with E-state index < -0.39 is 0 Å². The molecule has 0 saturated carbocycles. The number of hydrogen-bond donors (Lipinski definition) is 1. The van der Waals surface area contributed by atoms with E-state index in [4.69, 9.17) is 4.74 Å². The molecule has 20 heavy (non-hydrogen) atoms. The molecule has 0 aliphatic rings. The van der Waals surface area contributed by atoms with Crippen LogP contribution in [0.3, 0.4) is 0 Å². The van der Waals surface area contributed by atoms with Gasteiger partial charge in [-0.3, -0.25) is 0 Å². The van der Waals surface area contributed by atoms with Crippen molar-refractivity contribution < 1.29 is 9.13 Å². The molecule has 0 heterocycles. The Kier molecular flexibility index (Phi) is 4.74. The van der Waals surface area contributed by atoms with Gasteiger partial charge in [0, 0.05) is 11.6 Å². The van der Waals surface area contributed by atoms with Crippen LogP contribution < -0.4 is 10.1 Å². The van der Waals surface area contributed by atoms with Crippen molar-refractivity contribution in [2.75, 3.05) is 7.05 Å². The average molecular weight is 273 g/mol. The molecule has 2 rings (SSSR count). The predicted octanol–water partition coefficient (Wildman–Crippen LogP) is 4.60. The summed E-state index contributed by atoms with van der Waals surface area (Å²) in [7, 11) is 1.91. The Morgan fingerprint density at radius 3 is 2.50 bits per heavy atom. The Morgan fingerprint density at radius 2 is 1.80 bits per heavy atom. The van der Waals surface area contributed by atoms with Crippen LogP contribution in [0, 0.1) is 12.7 Å². The lowest BCUT2D eigenvalue weighted by molar-refractivity contribution is 0.426. The van der Waals surface area contributed by atoms with Gasteiger partial charge in [0.15, 0.2) is 11.6 Å². The van der Waals surface area contributed by atoms with Crippen LogP contribution in [0.5, 0.6) is 11.5 Å². The molecule has 0 bridgehead atoms. The van der Waals surface area contributed by atoms with Gasteiger partial charge in [-0.1, -0.05) is 37.3 Å². The van der Waals surface area contributed by atoms with Crippen molar-refractivity contribution in [3.8, 4) is 11.5 Å². The second-order valence-corrected chi connectivity index (χ2v) is 4.78. The van der Waals surface area contributed by atoms with E-state index in [0.717, 1.165) is 12.0 Å². The molecule has 106 valence electrons. The number of aryl methyl sites for hydroxylation is 1. The smallest absolute Gasteiger partial charge is 0.168 e. The number of benzene rings is 2. The highest BCUT2D eigenvalue weighted by Crippen LogP contribution is 2.32. The lowest BCUT2D eigenvalue weighted by Gasteiger charge is -2.19. The second-order valence-electron chi connectivity index (χ2n) is 4.78. The largest absolute Gasteiger partial charge is 0.454 e. The lowest BCUT2D eigenvalue weighted by atomic mass is 10.0. The minimum Gasteiger partial charge on any atom is -0.454 e. The molecule has 1 unspecified atom stereocenters. The number of hydrogen-bond acceptors (Lipinski definition) is 2. The van der Waals surface area contributed by atoms with Gasteiger partial charge in [-0.25, -0.2) is 4.39 Å². The van der Waals surface area contributed by atoms with E-state index in [0.29, 0.717) is 11.3 Å². The maximum atomic E-state index is 14.0. The highest BCUT2D eigenvalue weighted by Gasteiger charge is 2.14. The van der Waals surface area contributed by atoms with E-state index >= 15 is 0 Å².